The number of nitrogen functional groups attached to an aromatic ring is 2. The number of aromatic nitrogens is 2. The number of benzene rings is 2. The van der Waals surface area contributed by atoms with Crippen LogP contribution in [0.2, 0.25) is 15.2 Å². The molecular formula is C18H15Cl3FN5O2. The summed E-state index contributed by atoms with van der Waals surface area (Å²) in [4.78, 5) is 18.9. The van der Waals surface area contributed by atoms with E-state index in [1.165, 1.54) is 24.3 Å². The van der Waals surface area contributed by atoms with Gasteiger partial charge in [0.15, 0.2) is 17.3 Å². The van der Waals surface area contributed by atoms with Gasteiger partial charge in [0.2, 0.25) is 0 Å². The second-order valence-electron chi connectivity index (χ2n) is 6.07. The molecule has 29 heavy (non-hydrogen) atoms. The van der Waals surface area contributed by atoms with Crippen molar-refractivity contribution in [1.82, 2.24) is 15.3 Å². The fraction of sp³-hybridized carbons (Fsp3) is 0.111. The smallest absolute Gasteiger partial charge is 0.273 e. The van der Waals surface area contributed by atoms with Gasteiger partial charge in [-0.2, -0.15) is 0 Å². The molecule has 7 nitrogen and oxygen atoms in total. The lowest BCUT2D eigenvalue weighted by Gasteiger charge is -2.15. The third-order valence-corrected chi connectivity index (χ3v) is 4.69. The number of hydrogen-bond acceptors (Lipinski definition) is 5. The van der Waals surface area contributed by atoms with Crippen LogP contribution in [0.25, 0.3) is 0 Å². The van der Waals surface area contributed by atoms with Crippen LogP contribution in [0.4, 0.5) is 15.8 Å². The molecule has 0 saturated heterocycles. The number of imidazole rings is 1. The number of amides is 1. The van der Waals surface area contributed by atoms with Crippen LogP contribution in [0.15, 0.2) is 24.3 Å². The Morgan fingerprint density at radius 2 is 1.97 bits per heavy atom. The summed E-state index contributed by atoms with van der Waals surface area (Å²) < 4.78 is 20.5. The maximum Gasteiger partial charge on any atom is 0.273 e. The minimum atomic E-state index is -0.799. The van der Waals surface area contributed by atoms with E-state index in [1.54, 1.807) is 6.92 Å². The lowest BCUT2D eigenvalue weighted by atomic mass is 10.1. The zero-order valence-electron chi connectivity index (χ0n) is 14.9. The summed E-state index contributed by atoms with van der Waals surface area (Å²) in [6.45, 7) is 1.44. The van der Waals surface area contributed by atoms with Crippen LogP contribution >= 0.6 is 34.8 Å². The van der Waals surface area contributed by atoms with E-state index < -0.39 is 11.7 Å². The SMILES string of the molecule is Cc1nc(C(=O)NCc2cc(N)c(Cl)c(Oc3cc(N)cc(Cl)c3)c2F)c(Cl)[nH]1. The van der Waals surface area contributed by atoms with Crippen molar-refractivity contribution in [2.24, 2.45) is 0 Å². The van der Waals surface area contributed by atoms with Gasteiger partial charge < -0.3 is 26.5 Å². The summed E-state index contributed by atoms with van der Waals surface area (Å²) in [6, 6.07) is 5.71. The molecule has 0 aliphatic heterocycles. The van der Waals surface area contributed by atoms with Crippen molar-refractivity contribution < 1.29 is 13.9 Å². The van der Waals surface area contributed by atoms with Crippen molar-refractivity contribution in [3.63, 3.8) is 0 Å². The number of aromatic amines is 1. The summed E-state index contributed by atoms with van der Waals surface area (Å²) in [5, 5.41) is 2.79. The number of carbonyl (C=O) groups excluding carboxylic acids is 1. The summed E-state index contributed by atoms with van der Waals surface area (Å²) in [7, 11) is 0. The molecular weight excluding hydrogens is 444 g/mol. The van der Waals surface area contributed by atoms with Crippen molar-refractivity contribution in [3.05, 3.63) is 62.4 Å². The summed E-state index contributed by atoms with van der Waals surface area (Å²) in [5.41, 5.74) is 12.0. The van der Waals surface area contributed by atoms with E-state index in [2.05, 4.69) is 15.3 Å². The van der Waals surface area contributed by atoms with E-state index in [0.29, 0.717) is 16.5 Å². The Balaban J connectivity index is 1.86. The predicted octanol–water partition coefficient (Wildman–Crippen LogP) is 4.70. The number of nitrogens with two attached hydrogens (primary N) is 2. The van der Waals surface area contributed by atoms with Gasteiger partial charge in [0, 0.05) is 28.9 Å². The Bertz CT molecular complexity index is 1080. The van der Waals surface area contributed by atoms with E-state index in [-0.39, 0.29) is 45.2 Å². The first-order chi connectivity index (χ1) is 13.7. The van der Waals surface area contributed by atoms with Crippen LogP contribution in [0, 0.1) is 12.7 Å². The molecule has 6 N–H and O–H groups in total. The van der Waals surface area contributed by atoms with Crippen molar-refractivity contribution in [1.29, 1.82) is 0 Å². The third-order valence-electron chi connectivity index (χ3n) is 3.81. The summed E-state index contributed by atoms with van der Waals surface area (Å²) in [6.07, 6.45) is 0. The normalized spacial score (nSPS) is 10.8. The third kappa shape index (κ3) is 4.67. The second-order valence-corrected chi connectivity index (χ2v) is 7.26. The predicted molar refractivity (Wildman–Crippen MR) is 111 cm³/mol. The zero-order chi connectivity index (χ0) is 21.3. The van der Waals surface area contributed by atoms with Gasteiger partial charge in [-0.05, 0) is 25.1 Å². The number of anilines is 2. The molecule has 2 aromatic carbocycles. The molecule has 0 aliphatic rings. The summed E-state index contributed by atoms with van der Waals surface area (Å²) >= 11 is 18.0. The topological polar surface area (TPSA) is 119 Å². The molecule has 3 aromatic rings. The second kappa shape index (κ2) is 8.36. The van der Waals surface area contributed by atoms with Gasteiger partial charge in [0.25, 0.3) is 5.91 Å². The van der Waals surface area contributed by atoms with Gasteiger partial charge in [-0.15, -0.1) is 0 Å². The average Bonchev–Trinajstić information content (AvgIpc) is 2.98. The van der Waals surface area contributed by atoms with Crippen molar-refractivity contribution >= 4 is 52.1 Å². The Morgan fingerprint density at radius 3 is 2.59 bits per heavy atom. The molecule has 0 atom stereocenters. The molecule has 3 rings (SSSR count). The number of nitrogens with zero attached hydrogens (tertiary/aromatic N) is 1. The van der Waals surface area contributed by atoms with Crippen LogP contribution in [0.1, 0.15) is 21.9 Å². The number of nitrogens with one attached hydrogen (secondary N) is 2. The molecule has 0 bridgehead atoms. The first kappa shape index (κ1) is 21.0. The van der Waals surface area contributed by atoms with Gasteiger partial charge in [0.1, 0.15) is 21.7 Å². The quantitative estimate of drug-likeness (QED) is 0.413. The highest BCUT2D eigenvalue weighted by atomic mass is 35.5. The van der Waals surface area contributed by atoms with Crippen molar-refractivity contribution in [2.75, 3.05) is 11.5 Å². The van der Waals surface area contributed by atoms with Crippen LogP contribution in [0.3, 0.4) is 0 Å². The maximum atomic E-state index is 15.0. The van der Waals surface area contributed by atoms with Crippen LogP contribution < -0.4 is 21.5 Å². The van der Waals surface area contributed by atoms with E-state index in [1.807, 2.05) is 0 Å². The average molecular weight is 459 g/mol. The molecule has 0 aliphatic carbocycles. The van der Waals surface area contributed by atoms with Gasteiger partial charge in [-0.25, -0.2) is 9.37 Å². The highest BCUT2D eigenvalue weighted by Crippen LogP contribution is 2.39. The van der Waals surface area contributed by atoms with Crippen LogP contribution in [0.5, 0.6) is 11.5 Å². The fourth-order valence-electron chi connectivity index (χ4n) is 2.54. The van der Waals surface area contributed by atoms with E-state index in [4.69, 9.17) is 51.0 Å². The molecule has 1 heterocycles. The fourth-order valence-corrected chi connectivity index (χ4v) is 3.21. The Labute approximate surface area is 180 Å². The minimum Gasteiger partial charge on any atom is -0.452 e. The zero-order valence-corrected chi connectivity index (χ0v) is 17.2. The van der Waals surface area contributed by atoms with Crippen molar-refractivity contribution in [2.45, 2.75) is 13.5 Å². The number of H-pyrrole nitrogens is 1. The monoisotopic (exact) mass is 457 g/mol. The van der Waals surface area contributed by atoms with Gasteiger partial charge in [-0.1, -0.05) is 34.8 Å². The van der Waals surface area contributed by atoms with Crippen LogP contribution in [-0.2, 0) is 6.54 Å². The van der Waals surface area contributed by atoms with Gasteiger partial charge in [0.05, 0.1) is 5.69 Å². The number of ether oxygens (including phenoxy) is 1. The number of carbonyl (C=O) groups is 1. The number of hydrogen-bond donors (Lipinski definition) is 4. The molecule has 1 amide bonds. The van der Waals surface area contributed by atoms with Crippen LogP contribution in [-0.4, -0.2) is 15.9 Å². The Hall–Kier alpha value is -2.68. The maximum absolute atomic E-state index is 15.0. The van der Waals surface area contributed by atoms with E-state index in [0.717, 1.165) is 0 Å². The molecule has 0 fully saturated rings. The van der Waals surface area contributed by atoms with E-state index >= 15 is 4.39 Å². The molecule has 0 saturated carbocycles. The lowest BCUT2D eigenvalue weighted by Crippen LogP contribution is -2.24. The largest absolute Gasteiger partial charge is 0.452 e. The Kier molecular flexibility index (Phi) is 6.07. The number of rotatable bonds is 5. The van der Waals surface area contributed by atoms with E-state index in [9.17, 15) is 4.79 Å². The molecule has 1 aromatic heterocycles. The molecule has 0 radical (unpaired) electrons. The molecule has 0 spiro atoms. The first-order valence-electron chi connectivity index (χ1n) is 8.16. The van der Waals surface area contributed by atoms with Gasteiger partial charge >= 0.3 is 0 Å². The highest BCUT2D eigenvalue weighted by Gasteiger charge is 2.20. The molecule has 152 valence electrons. The Morgan fingerprint density at radius 1 is 1.24 bits per heavy atom. The number of halogens is 4. The molecule has 11 heteroatoms. The first-order valence-corrected chi connectivity index (χ1v) is 9.29. The summed E-state index contributed by atoms with van der Waals surface area (Å²) in [5.74, 6) is -1.05. The molecule has 0 unspecified atom stereocenters. The highest BCUT2D eigenvalue weighted by molar-refractivity contribution is 6.34. The minimum absolute atomic E-state index is 0.00242. The standard InChI is InChI=1S/C18H15Cl3FN5O2/c1-7-26-15(17(21)27-7)18(28)25-6-8-2-12(24)13(20)16(14(8)22)29-11-4-9(19)3-10(23)5-11/h2-5H,6,23-24H2,1H3,(H,25,28)(H,26,27). The van der Waals surface area contributed by atoms with Gasteiger partial charge in [-0.3, -0.25) is 4.79 Å². The lowest BCUT2D eigenvalue weighted by molar-refractivity contribution is 0.0946. The number of aryl methyl sites for hydroxylation is 1. The van der Waals surface area contributed by atoms with Crippen molar-refractivity contribution in [3.8, 4) is 11.5 Å².